The van der Waals surface area contributed by atoms with E-state index in [1.54, 1.807) is 7.05 Å². The molecule has 2 heterocycles. The van der Waals surface area contributed by atoms with Crippen LogP contribution in [-0.4, -0.2) is 23.2 Å². The first-order chi connectivity index (χ1) is 10.1. The van der Waals surface area contributed by atoms with Gasteiger partial charge in [-0.25, -0.2) is 0 Å². The van der Waals surface area contributed by atoms with Crippen molar-refractivity contribution in [2.45, 2.75) is 17.7 Å². The summed E-state index contributed by atoms with van der Waals surface area (Å²) in [7, 11) is 1.70. The molecule has 1 aromatic heterocycles. The number of benzene rings is 1. The first kappa shape index (κ1) is 14.2. The Labute approximate surface area is 131 Å². The van der Waals surface area contributed by atoms with Crippen molar-refractivity contribution in [1.29, 1.82) is 0 Å². The minimum absolute atomic E-state index is 0.178. The van der Waals surface area contributed by atoms with Gasteiger partial charge in [0.2, 0.25) is 11.8 Å². The average molecular weight is 318 g/mol. The van der Waals surface area contributed by atoms with E-state index in [9.17, 15) is 9.59 Å². The molecule has 1 N–H and O–H groups in total. The van der Waals surface area contributed by atoms with Crippen LogP contribution in [0, 0.1) is 6.92 Å². The molecule has 4 nitrogen and oxygen atoms in total. The number of carbonyl (C=O) groups is 2. The minimum Gasteiger partial charge on any atom is -0.325 e. The molecule has 1 aliphatic heterocycles. The van der Waals surface area contributed by atoms with Crippen LogP contribution in [0.25, 0.3) is 0 Å². The van der Waals surface area contributed by atoms with Crippen molar-refractivity contribution in [3.63, 3.8) is 0 Å². The number of amides is 2. The molecule has 0 radical (unpaired) electrons. The lowest BCUT2D eigenvalue weighted by Gasteiger charge is -2.27. The van der Waals surface area contributed by atoms with Gasteiger partial charge in [-0.15, -0.1) is 11.3 Å². The number of hydrogen-bond donors (Lipinski definition) is 1. The molecular weight excluding hydrogens is 304 g/mol. The van der Waals surface area contributed by atoms with Gasteiger partial charge in [0.05, 0.1) is 0 Å². The SMILES string of the molecule is Cc1cc2c(s1)C(C(=O)Nc1ccccc1)C(=O)N(C)S2. The number of rotatable bonds is 2. The normalized spacial score (nSPS) is 17.5. The molecular formula is C15H14N2O2S2. The standard InChI is InChI=1S/C15H14N2O2S2/c1-9-8-11-13(20-9)12(15(19)17(2)21-11)14(18)16-10-6-4-3-5-7-10/h3-8,12H,1-2H3,(H,16,18). The first-order valence-electron chi connectivity index (χ1n) is 6.48. The van der Waals surface area contributed by atoms with Gasteiger partial charge in [0.25, 0.3) is 0 Å². The van der Waals surface area contributed by atoms with Crippen LogP contribution in [0.3, 0.4) is 0 Å². The quantitative estimate of drug-likeness (QED) is 0.683. The number of anilines is 1. The summed E-state index contributed by atoms with van der Waals surface area (Å²) in [6.45, 7) is 1.99. The van der Waals surface area contributed by atoms with Crippen LogP contribution in [-0.2, 0) is 9.59 Å². The van der Waals surface area contributed by atoms with Crippen LogP contribution in [0.15, 0.2) is 41.3 Å². The highest BCUT2D eigenvalue weighted by Gasteiger charge is 2.39. The summed E-state index contributed by atoms with van der Waals surface area (Å²) < 4.78 is 1.53. The van der Waals surface area contributed by atoms with Crippen LogP contribution < -0.4 is 5.32 Å². The number of fused-ring (bicyclic) bond motifs is 1. The monoisotopic (exact) mass is 318 g/mol. The first-order valence-corrected chi connectivity index (χ1v) is 8.07. The number of thiophene rings is 1. The maximum absolute atomic E-state index is 12.5. The van der Waals surface area contributed by atoms with Gasteiger partial charge in [0.1, 0.15) is 0 Å². The molecule has 0 bridgehead atoms. The van der Waals surface area contributed by atoms with E-state index in [0.717, 1.165) is 14.6 Å². The number of nitrogens with one attached hydrogen (secondary N) is 1. The second kappa shape index (κ2) is 5.54. The van der Waals surface area contributed by atoms with Crippen molar-refractivity contribution < 1.29 is 9.59 Å². The number of carbonyl (C=O) groups excluding carboxylic acids is 2. The van der Waals surface area contributed by atoms with Gasteiger partial charge in [-0.2, -0.15) is 0 Å². The summed E-state index contributed by atoms with van der Waals surface area (Å²) in [6.07, 6.45) is 0. The Morgan fingerprint density at radius 1 is 1.29 bits per heavy atom. The summed E-state index contributed by atoms with van der Waals surface area (Å²) in [6, 6.07) is 11.2. The molecule has 3 rings (SSSR count). The zero-order valence-electron chi connectivity index (χ0n) is 11.6. The third-order valence-corrected chi connectivity index (χ3v) is 5.44. The highest BCUT2D eigenvalue weighted by Crippen LogP contribution is 2.43. The van der Waals surface area contributed by atoms with E-state index < -0.39 is 5.92 Å². The second-order valence-corrected chi connectivity index (χ2v) is 7.26. The van der Waals surface area contributed by atoms with Gasteiger partial charge >= 0.3 is 0 Å². The number of aryl methyl sites for hydroxylation is 1. The summed E-state index contributed by atoms with van der Waals surface area (Å²) in [4.78, 5) is 27.9. The summed E-state index contributed by atoms with van der Waals surface area (Å²) in [5.41, 5.74) is 0.700. The van der Waals surface area contributed by atoms with Crippen LogP contribution in [0.1, 0.15) is 15.7 Å². The van der Waals surface area contributed by atoms with E-state index in [-0.39, 0.29) is 11.8 Å². The molecule has 2 aromatic rings. The number of nitrogens with zero attached hydrogens (tertiary/aromatic N) is 1. The topological polar surface area (TPSA) is 49.4 Å². The highest BCUT2D eigenvalue weighted by atomic mass is 32.2. The maximum atomic E-state index is 12.5. The zero-order valence-corrected chi connectivity index (χ0v) is 13.3. The summed E-state index contributed by atoms with van der Waals surface area (Å²) in [5.74, 6) is -1.21. The lowest BCUT2D eigenvalue weighted by Crippen LogP contribution is -2.37. The van der Waals surface area contributed by atoms with E-state index in [4.69, 9.17) is 0 Å². The molecule has 108 valence electrons. The molecule has 0 aliphatic carbocycles. The fourth-order valence-electron chi connectivity index (χ4n) is 2.24. The van der Waals surface area contributed by atoms with Crippen LogP contribution >= 0.6 is 23.3 Å². The van der Waals surface area contributed by atoms with Crippen molar-refractivity contribution in [2.75, 3.05) is 12.4 Å². The molecule has 0 fully saturated rings. The number of para-hydroxylation sites is 1. The molecule has 0 spiro atoms. The van der Waals surface area contributed by atoms with Crippen molar-refractivity contribution in [3.8, 4) is 0 Å². The second-order valence-electron chi connectivity index (χ2n) is 4.80. The smallest absolute Gasteiger partial charge is 0.250 e. The molecule has 1 unspecified atom stereocenters. The predicted molar refractivity (Wildman–Crippen MR) is 85.5 cm³/mol. The predicted octanol–water partition coefficient (Wildman–Crippen LogP) is 3.26. The number of hydrogen-bond acceptors (Lipinski definition) is 4. The maximum Gasteiger partial charge on any atom is 0.250 e. The van der Waals surface area contributed by atoms with Gasteiger partial charge in [0.15, 0.2) is 5.92 Å². The summed E-state index contributed by atoms with van der Waals surface area (Å²) >= 11 is 2.90. The Morgan fingerprint density at radius 2 is 2.00 bits per heavy atom. The molecule has 1 atom stereocenters. The van der Waals surface area contributed by atoms with E-state index in [0.29, 0.717) is 5.69 Å². The van der Waals surface area contributed by atoms with E-state index in [1.807, 2.05) is 43.3 Å². The Bertz CT molecular complexity index is 697. The van der Waals surface area contributed by atoms with Crippen LogP contribution in [0.4, 0.5) is 5.69 Å². The van der Waals surface area contributed by atoms with Gasteiger partial charge in [-0.1, -0.05) is 18.2 Å². The fraction of sp³-hybridized carbons (Fsp3) is 0.200. The van der Waals surface area contributed by atoms with Crippen molar-refractivity contribution in [2.24, 2.45) is 0 Å². The van der Waals surface area contributed by atoms with Gasteiger partial charge in [-0.05, 0) is 37.1 Å². The van der Waals surface area contributed by atoms with E-state index in [2.05, 4.69) is 5.32 Å². The largest absolute Gasteiger partial charge is 0.325 e. The molecule has 0 saturated heterocycles. The van der Waals surface area contributed by atoms with Crippen molar-refractivity contribution in [3.05, 3.63) is 46.2 Å². The summed E-state index contributed by atoms with van der Waals surface area (Å²) in [5, 5.41) is 2.82. The lowest BCUT2D eigenvalue weighted by molar-refractivity contribution is -0.132. The van der Waals surface area contributed by atoms with Crippen LogP contribution in [0.2, 0.25) is 0 Å². The molecule has 2 amide bonds. The minimum atomic E-state index is -0.759. The molecule has 21 heavy (non-hydrogen) atoms. The number of likely N-dealkylation sites (N-methyl/N-ethyl adjacent to an activating group) is 1. The Balaban J connectivity index is 1.92. The molecule has 0 saturated carbocycles. The van der Waals surface area contributed by atoms with E-state index >= 15 is 0 Å². The Morgan fingerprint density at radius 3 is 2.71 bits per heavy atom. The lowest BCUT2D eigenvalue weighted by atomic mass is 10.1. The van der Waals surface area contributed by atoms with Gasteiger partial charge in [-0.3, -0.25) is 13.9 Å². The Kier molecular flexibility index (Phi) is 3.73. The van der Waals surface area contributed by atoms with E-state index in [1.165, 1.54) is 27.6 Å². The average Bonchev–Trinajstić information content (AvgIpc) is 2.80. The third-order valence-electron chi connectivity index (χ3n) is 3.21. The zero-order chi connectivity index (χ0) is 15.0. The van der Waals surface area contributed by atoms with Gasteiger partial charge < -0.3 is 5.32 Å². The third kappa shape index (κ3) is 2.69. The van der Waals surface area contributed by atoms with Crippen molar-refractivity contribution in [1.82, 2.24) is 4.31 Å². The Hall–Kier alpha value is -1.79. The van der Waals surface area contributed by atoms with Crippen molar-refractivity contribution >= 4 is 40.8 Å². The fourth-order valence-corrected chi connectivity index (χ4v) is 4.48. The molecule has 1 aromatic carbocycles. The van der Waals surface area contributed by atoms with Gasteiger partial charge in [0, 0.05) is 27.4 Å². The molecule has 6 heteroatoms. The molecule has 1 aliphatic rings. The highest BCUT2D eigenvalue weighted by molar-refractivity contribution is 7.97. The van der Waals surface area contributed by atoms with Crippen LogP contribution in [0.5, 0.6) is 0 Å².